The van der Waals surface area contributed by atoms with Crippen molar-refractivity contribution in [2.45, 2.75) is 31.2 Å². The van der Waals surface area contributed by atoms with E-state index in [1.165, 1.54) is 23.1 Å². The lowest BCUT2D eigenvalue weighted by Crippen LogP contribution is -2.43. The molecule has 0 bridgehead atoms. The van der Waals surface area contributed by atoms with Crippen LogP contribution in [0.4, 0.5) is 0 Å². The van der Waals surface area contributed by atoms with Crippen molar-refractivity contribution in [2.24, 2.45) is 0 Å². The maximum absolute atomic E-state index is 12.1. The molecule has 4 nitrogen and oxygen atoms in total. The number of allylic oxidation sites excluding steroid dienone is 1. The van der Waals surface area contributed by atoms with Crippen LogP contribution in [0.2, 0.25) is 0 Å². The molecule has 0 amide bonds. The third-order valence-corrected chi connectivity index (χ3v) is 5.44. The highest BCUT2D eigenvalue weighted by Crippen LogP contribution is 2.51. The maximum atomic E-state index is 12.1. The van der Waals surface area contributed by atoms with Crippen LogP contribution in [0, 0.1) is 0 Å². The van der Waals surface area contributed by atoms with Crippen LogP contribution in [0.5, 0.6) is 11.5 Å². The molecular formula is C17H17NO3. The van der Waals surface area contributed by atoms with Crippen LogP contribution < -0.4 is 9.47 Å². The average Bonchev–Trinajstić information content (AvgIpc) is 3.14. The van der Waals surface area contributed by atoms with Gasteiger partial charge in [0.1, 0.15) is 0 Å². The molecule has 3 aliphatic heterocycles. The summed E-state index contributed by atoms with van der Waals surface area (Å²) in [6.07, 6.45) is 5.82. The van der Waals surface area contributed by atoms with E-state index < -0.39 is 0 Å². The predicted octanol–water partition coefficient (Wildman–Crippen LogP) is 2.16. The lowest BCUT2D eigenvalue weighted by atomic mass is 9.83. The smallest absolute Gasteiger partial charge is 0.231 e. The van der Waals surface area contributed by atoms with E-state index in [2.05, 4.69) is 17.0 Å². The number of rotatable bonds is 0. The summed E-state index contributed by atoms with van der Waals surface area (Å²) in [4.78, 5) is 14.7. The van der Waals surface area contributed by atoms with Gasteiger partial charge in [-0.05, 0) is 60.7 Å². The van der Waals surface area contributed by atoms with Crippen LogP contribution in [-0.4, -0.2) is 36.1 Å². The van der Waals surface area contributed by atoms with Gasteiger partial charge in [-0.2, -0.15) is 0 Å². The molecule has 1 saturated heterocycles. The molecule has 5 rings (SSSR count). The molecule has 4 aliphatic rings. The molecule has 3 heterocycles. The first-order valence-electron chi connectivity index (χ1n) is 7.69. The van der Waals surface area contributed by atoms with E-state index >= 15 is 0 Å². The Bertz CT molecular complexity index is 694. The number of ether oxygens (including phenoxy) is 2. The van der Waals surface area contributed by atoms with Crippen molar-refractivity contribution in [3.63, 3.8) is 0 Å². The van der Waals surface area contributed by atoms with Crippen molar-refractivity contribution in [1.82, 2.24) is 4.90 Å². The van der Waals surface area contributed by atoms with E-state index in [9.17, 15) is 4.79 Å². The number of benzene rings is 1. The van der Waals surface area contributed by atoms with Crippen molar-refractivity contribution in [3.8, 4) is 11.5 Å². The lowest BCUT2D eigenvalue weighted by Gasteiger charge is -2.35. The zero-order chi connectivity index (χ0) is 14.0. The van der Waals surface area contributed by atoms with Crippen LogP contribution in [-0.2, 0) is 11.2 Å². The van der Waals surface area contributed by atoms with Gasteiger partial charge in [0.15, 0.2) is 17.3 Å². The van der Waals surface area contributed by atoms with E-state index in [1.54, 1.807) is 0 Å². The minimum atomic E-state index is -0.0456. The number of carbonyl (C=O) groups is 1. The Morgan fingerprint density at radius 2 is 2.00 bits per heavy atom. The topological polar surface area (TPSA) is 38.8 Å². The number of carbonyl (C=O) groups excluding carboxylic acids is 1. The highest BCUT2D eigenvalue weighted by Gasteiger charge is 2.50. The van der Waals surface area contributed by atoms with E-state index in [4.69, 9.17) is 9.47 Å². The van der Waals surface area contributed by atoms with Gasteiger partial charge in [0, 0.05) is 13.0 Å². The summed E-state index contributed by atoms with van der Waals surface area (Å²) in [5.74, 6) is 1.92. The lowest BCUT2D eigenvalue weighted by molar-refractivity contribution is -0.115. The standard InChI is InChI=1S/C17H17NO3/c19-12-7-14-13-8-16-15(20-10-21-16)6-11(13)2-5-18-4-1-3-17(14,18)9-12/h6-8H,1-5,9-10H2/t17-/m1/s1. The van der Waals surface area contributed by atoms with Crippen LogP contribution in [0.3, 0.4) is 0 Å². The third kappa shape index (κ3) is 1.46. The summed E-state index contributed by atoms with van der Waals surface area (Å²) in [6, 6.07) is 4.20. The van der Waals surface area contributed by atoms with Crippen LogP contribution in [0.25, 0.3) is 5.57 Å². The molecule has 1 atom stereocenters. The van der Waals surface area contributed by atoms with Crippen molar-refractivity contribution in [3.05, 3.63) is 29.3 Å². The quantitative estimate of drug-likeness (QED) is 0.731. The second-order valence-corrected chi connectivity index (χ2v) is 6.44. The van der Waals surface area contributed by atoms with Gasteiger partial charge in [0.25, 0.3) is 0 Å². The molecule has 21 heavy (non-hydrogen) atoms. The molecule has 1 spiro atoms. The first-order chi connectivity index (χ1) is 10.3. The third-order valence-electron chi connectivity index (χ3n) is 5.44. The van der Waals surface area contributed by atoms with E-state index in [0.29, 0.717) is 13.2 Å². The molecule has 1 aromatic rings. The summed E-state index contributed by atoms with van der Waals surface area (Å²) in [5, 5.41) is 0. The van der Waals surface area contributed by atoms with Gasteiger partial charge in [-0.15, -0.1) is 0 Å². The Morgan fingerprint density at radius 1 is 1.14 bits per heavy atom. The number of nitrogens with zero attached hydrogens (tertiary/aromatic N) is 1. The van der Waals surface area contributed by atoms with Gasteiger partial charge < -0.3 is 9.47 Å². The van der Waals surface area contributed by atoms with Gasteiger partial charge >= 0.3 is 0 Å². The predicted molar refractivity (Wildman–Crippen MR) is 77.4 cm³/mol. The summed E-state index contributed by atoms with van der Waals surface area (Å²) in [6.45, 7) is 2.43. The van der Waals surface area contributed by atoms with Crippen LogP contribution >= 0.6 is 0 Å². The van der Waals surface area contributed by atoms with Gasteiger partial charge in [-0.1, -0.05) is 0 Å². The summed E-state index contributed by atoms with van der Waals surface area (Å²) < 4.78 is 11.0. The van der Waals surface area contributed by atoms with Crippen molar-refractivity contribution < 1.29 is 14.3 Å². The highest BCUT2D eigenvalue weighted by atomic mass is 16.7. The number of ketones is 1. The first-order valence-corrected chi connectivity index (χ1v) is 7.69. The molecule has 0 N–H and O–H groups in total. The largest absolute Gasteiger partial charge is 0.454 e. The molecule has 0 radical (unpaired) electrons. The monoisotopic (exact) mass is 283 g/mol. The van der Waals surface area contributed by atoms with E-state index in [-0.39, 0.29) is 11.3 Å². The average molecular weight is 283 g/mol. The van der Waals surface area contributed by atoms with Gasteiger partial charge in [0.2, 0.25) is 6.79 Å². The molecule has 108 valence electrons. The summed E-state index contributed by atoms with van der Waals surface area (Å²) in [7, 11) is 0. The fourth-order valence-electron chi connectivity index (χ4n) is 4.52. The molecule has 0 aromatic heterocycles. The second kappa shape index (κ2) is 3.89. The first kappa shape index (κ1) is 11.8. The van der Waals surface area contributed by atoms with E-state index in [0.717, 1.165) is 37.4 Å². The molecule has 0 unspecified atom stereocenters. The van der Waals surface area contributed by atoms with Crippen LogP contribution in [0.1, 0.15) is 30.4 Å². The second-order valence-electron chi connectivity index (χ2n) is 6.44. The molecule has 1 aliphatic carbocycles. The minimum Gasteiger partial charge on any atom is -0.454 e. The van der Waals surface area contributed by atoms with Crippen LogP contribution in [0.15, 0.2) is 18.2 Å². The number of fused-ring (bicyclic) bond motifs is 3. The highest BCUT2D eigenvalue weighted by molar-refractivity contribution is 6.06. The Labute approximate surface area is 123 Å². The Kier molecular flexibility index (Phi) is 2.19. The minimum absolute atomic E-state index is 0.0456. The number of hydrogen-bond donors (Lipinski definition) is 0. The molecule has 1 fully saturated rings. The SMILES string of the molecule is O=C1C=C2c3cc4c(cc3CCN3CCC[C@@]23C1)OCO4. The van der Waals surface area contributed by atoms with Gasteiger partial charge in [-0.3, -0.25) is 9.69 Å². The van der Waals surface area contributed by atoms with Gasteiger partial charge in [-0.25, -0.2) is 0 Å². The zero-order valence-corrected chi connectivity index (χ0v) is 11.9. The fraction of sp³-hybridized carbons (Fsp3) is 0.471. The Balaban J connectivity index is 1.74. The normalized spacial score (nSPS) is 29.7. The Hall–Kier alpha value is -1.81. The summed E-state index contributed by atoms with van der Waals surface area (Å²) in [5.41, 5.74) is 3.66. The van der Waals surface area contributed by atoms with Crippen molar-refractivity contribution >= 4 is 11.4 Å². The molecule has 1 aromatic carbocycles. The van der Waals surface area contributed by atoms with Crippen molar-refractivity contribution in [1.29, 1.82) is 0 Å². The maximum Gasteiger partial charge on any atom is 0.231 e. The van der Waals surface area contributed by atoms with Gasteiger partial charge in [0.05, 0.1) is 5.54 Å². The Morgan fingerprint density at radius 3 is 2.90 bits per heavy atom. The molecular weight excluding hydrogens is 266 g/mol. The molecule has 0 saturated carbocycles. The van der Waals surface area contributed by atoms with Crippen molar-refractivity contribution in [2.75, 3.05) is 19.9 Å². The fourth-order valence-corrected chi connectivity index (χ4v) is 4.52. The number of hydrogen-bond acceptors (Lipinski definition) is 4. The summed E-state index contributed by atoms with van der Waals surface area (Å²) >= 11 is 0. The zero-order valence-electron chi connectivity index (χ0n) is 11.9. The van der Waals surface area contributed by atoms with E-state index in [1.807, 2.05) is 6.08 Å². The molecule has 4 heteroatoms.